The molecule has 0 saturated carbocycles. The van der Waals surface area contributed by atoms with Crippen LogP contribution in [-0.2, 0) is 24.1 Å². The van der Waals surface area contributed by atoms with Crippen LogP contribution in [0.1, 0.15) is 52.4 Å². The van der Waals surface area contributed by atoms with Crippen LogP contribution in [0.15, 0.2) is 4.47 Å². The molecule has 1 aromatic rings. The molecule has 1 rings (SSSR count). The highest BCUT2D eigenvalue weighted by Crippen LogP contribution is 2.28. The topological polar surface area (TPSA) is 39.1 Å². The average molecular weight is 360 g/mol. The Morgan fingerprint density at radius 1 is 1.33 bits per heavy atom. The van der Waals surface area contributed by atoms with Crippen molar-refractivity contribution in [3.63, 3.8) is 0 Å². The molecule has 122 valence electrons. The van der Waals surface area contributed by atoms with Crippen molar-refractivity contribution in [3.05, 3.63) is 15.9 Å². The van der Waals surface area contributed by atoms with Gasteiger partial charge in [-0.3, -0.25) is 4.68 Å². The second kappa shape index (κ2) is 8.30. The lowest BCUT2D eigenvalue weighted by Crippen LogP contribution is -2.51. The molecule has 0 spiro atoms. The van der Waals surface area contributed by atoms with Gasteiger partial charge in [0.15, 0.2) is 0 Å². The molecule has 1 N–H and O–H groups in total. The van der Waals surface area contributed by atoms with E-state index >= 15 is 0 Å². The number of aryl methyl sites for hydroxylation is 2. The minimum atomic E-state index is -0.176. The zero-order chi connectivity index (χ0) is 16.0. The van der Waals surface area contributed by atoms with E-state index in [-0.39, 0.29) is 11.6 Å². The third-order valence-corrected chi connectivity index (χ3v) is 5.36. The number of nitrogens with one attached hydrogen (secondary N) is 1. The first kappa shape index (κ1) is 18.7. The minimum absolute atomic E-state index is 0.176. The van der Waals surface area contributed by atoms with Crippen LogP contribution in [0, 0.1) is 0 Å². The predicted molar refractivity (Wildman–Crippen MR) is 91.9 cm³/mol. The predicted octanol–water partition coefficient (Wildman–Crippen LogP) is 3.56. The molecular formula is C16H30BrN3O. The number of hydrogen-bond donors (Lipinski definition) is 1. The van der Waals surface area contributed by atoms with Gasteiger partial charge in [0.05, 0.1) is 21.5 Å². The van der Waals surface area contributed by atoms with Gasteiger partial charge in [-0.05, 0) is 49.2 Å². The molecule has 2 unspecified atom stereocenters. The molecule has 0 radical (unpaired) electrons. The van der Waals surface area contributed by atoms with E-state index in [1.165, 1.54) is 5.69 Å². The molecule has 2 atom stereocenters. The lowest BCUT2D eigenvalue weighted by Gasteiger charge is -2.36. The zero-order valence-corrected chi connectivity index (χ0v) is 15.9. The largest absolute Gasteiger partial charge is 0.377 e. The summed E-state index contributed by atoms with van der Waals surface area (Å²) in [7, 11) is 1.80. The Bertz CT molecular complexity index is 441. The Morgan fingerprint density at radius 3 is 2.43 bits per heavy atom. The normalized spacial score (nSPS) is 16.0. The Balaban J connectivity index is 3.12. The van der Waals surface area contributed by atoms with E-state index in [9.17, 15) is 0 Å². The maximum Gasteiger partial charge on any atom is 0.0804 e. The maximum absolute atomic E-state index is 5.81. The van der Waals surface area contributed by atoms with Gasteiger partial charge in [0.2, 0.25) is 0 Å². The number of ether oxygens (including phenoxy) is 1. The number of rotatable bonds is 9. The van der Waals surface area contributed by atoms with Crippen molar-refractivity contribution in [2.75, 3.05) is 13.7 Å². The van der Waals surface area contributed by atoms with Crippen LogP contribution in [0.2, 0.25) is 0 Å². The molecule has 0 fully saturated rings. The van der Waals surface area contributed by atoms with Gasteiger partial charge in [0.25, 0.3) is 0 Å². The van der Waals surface area contributed by atoms with Crippen LogP contribution < -0.4 is 5.32 Å². The van der Waals surface area contributed by atoms with E-state index in [1.807, 2.05) is 0 Å². The molecule has 1 aromatic heterocycles. The van der Waals surface area contributed by atoms with Gasteiger partial charge in [0.1, 0.15) is 0 Å². The first-order valence-corrected chi connectivity index (χ1v) is 8.79. The van der Waals surface area contributed by atoms with Crippen molar-refractivity contribution in [1.29, 1.82) is 0 Å². The summed E-state index contributed by atoms with van der Waals surface area (Å²) in [6.45, 7) is 12.6. The molecule has 0 aliphatic rings. The van der Waals surface area contributed by atoms with Crippen LogP contribution in [0.25, 0.3) is 0 Å². The van der Waals surface area contributed by atoms with Crippen LogP contribution in [-0.4, -0.2) is 35.1 Å². The lowest BCUT2D eigenvalue weighted by atomic mass is 9.89. The first-order valence-electron chi connectivity index (χ1n) is 7.99. The summed E-state index contributed by atoms with van der Waals surface area (Å²) in [6, 6.07) is 0.264. The average Bonchev–Trinajstić information content (AvgIpc) is 2.81. The van der Waals surface area contributed by atoms with E-state index in [0.29, 0.717) is 0 Å². The summed E-state index contributed by atoms with van der Waals surface area (Å²) in [5, 5.41) is 8.29. The Morgan fingerprint density at radius 2 is 2.00 bits per heavy atom. The zero-order valence-electron chi connectivity index (χ0n) is 14.3. The highest BCUT2D eigenvalue weighted by molar-refractivity contribution is 9.10. The third-order valence-electron chi connectivity index (χ3n) is 4.45. The number of methoxy groups -OCH3 is 1. The maximum atomic E-state index is 5.81. The van der Waals surface area contributed by atoms with Crippen LogP contribution in [0.4, 0.5) is 0 Å². The van der Waals surface area contributed by atoms with Gasteiger partial charge in [-0.25, -0.2) is 0 Å². The molecule has 0 aliphatic carbocycles. The van der Waals surface area contributed by atoms with Gasteiger partial charge in [-0.1, -0.05) is 20.8 Å². The molecular weight excluding hydrogens is 330 g/mol. The van der Waals surface area contributed by atoms with Crippen LogP contribution in [0.3, 0.4) is 0 Å². The summed E-state index contributed by atoms with van der Waals surface area (Å²) in [4.78, 5) is 0. The van der Waals surface area contributed by atoms with E-state index in [2.05, 4.69) is 60.5 Å². The van der Waals surface area contributed by atoms with Gasteiger partial charge in [0, 0.05) is 26.1 Å². The molecule has 0 aliphatic heterocycles. The Labute approximate surface area is 137 Å². The molecule has 5 heteroatoms. The highest BCUT2D eigenvalue weighted by Gasteiger charge is 2.33. The molecule has 1 heterocycles. The molecule has 0 bridgehead atoms. The van der Waals surface area contributed by atoms with E-state index in [4.69, 9.17) is 9.84 Å². The van der Waals surface area contributed by atoms with Crippen molar-refractivity contribution < 1.29 is 4.74 Å². The van der Waals surface area contributed by atoms with Crippen molar-refractivity contribution in [2.24, 2.45) is 0 Å². The van der Waals surface area contributed by atoms with Crippen molar-refractivity contribution >= 4 is 15.9 Å². The van der Waals surface area contributed by atoms with Crippen LogP contribution in [0.5, 0.6) is 0 Å². The number of halogens is 1. The van der Waals surface area contributed by atoms with Crippen molar-refractivity contribution in [3.8, 4) is 0 Å². The molecule has 0 saturated heterocycles. The summed E-state index contributed by atoms with van der Waals surface area (Å²) in [5.41, 5.74) is 2.22. The summed E-state index contributed by atoms with van der Waals surface area (Å²) >= 11 is 3.74. The second-order valence-electron chi connectivity index (χ2n) is 5.56. The monoisotopic (exact) mass is 359 g/mol. The van der Waals surface area contributed by atoms with E-state index in [0.717, 1.165) is 42.5 Å². The molecule has 21 heavy (non-hydrogen) atoms. The number of nitrogens with zero attached hydrogens (tertiary/aromatic N) is 2. The van der Waals surface area contributed by atoms with E-state index < -0.39 is 0 Å². The van der Waals surface area contributed by atoms with Gasteiger partial charge >= 0.3 is 0 Å². The van der Waals surface area contributed by atoms with Crippen molar-refractivity contribution in [1.82, 2.24) is 15.1 Å². The Kier molecular flexibility index (Phi) is 7.37. The number of likely N-dealkylation sites (N-methyl/N-ethyl adjacent to an activating group) is 1. The number of hydrogen-bond acceptors (Lipinski definition) is 3. The minimum Gasteiger partial charge on any atom is -0.377 e. The van der Waals surface area contributed by atoms with Gasteiger partial charge in [-0.2, -0.15) is 5.10 Å². The highest BCUT2D eigenvalue weighted by atomic mass is 79.9. The van der Waals surface area contributed by atoms with Gasteiger partial charge < -0.3 is 10.1 Å². The smallest absolute Gasteiger partial charge is 0.0804 e. The second-order valence-corrected chi connectivity index (χ2v) is 6.35. The van der Waals surface area contributed by atoms with Gasteiger partial charge in [-0.15, -0.1) is 0 Å². The SMILES string of the molecule is CCNC(Cc1c(Br)c(CC)nn1CC)C(C)(CC)OC. The summed E-state index contributed by atoms with van der Waals surface area (Å²) in [5.74, 6) is 0. The number of aromatic nitrogens is 2. The molecule has 0 amide bonds. The van der Waals surface area contributed by atoms with E-state index in [1.54, 1.807) is 7.11 Å². The molecule has 0 aromatic carbocycles. The lowest BCUT2D eigenvalue weighted by molar-refractivity contribution is -0.0288. The van der Waals surface area contributed by atoms with Crippen LogP contribution >= 0.6 is 15.9 Å². The fourth-order valence-corrected chi connectivity index (χ4v) is 3.42. The summed E-state index contributed by atoms with van der Waals surface area (Å²) < 4.78 is 9.08. The van der Waals surface area contributed by atoms with Crippen molar-refractivity contribution in [2.45, 2.75) is 72.1 Å². The fourth-order valence-electron chi connectivity index (χ4n) is 2.69. The quantitative estimate of drug-likeness (QED) is 0.732. The first-order chi connectivity index (χ1) is 9.97. The fraction of sp³-hybridized carbons (Fsp3) is 0.812. The standard InChI is InChI=1S/C16H30BrN3O/c1-7-12-15(17)13(20(10-4)19-12)11-14(18-9-3)16(5,8-2)21-6/h14,18H,7-11H2,1-6H3. The Hall–Kier alpha value is -0.390. The molecule has 4 nitrogen and oxygen atoms in total. The summed E-state index contributed by atoms with van der Waals surface area (Å²) in [6.07, 6.45) is 2.83. The third kappa shape index (κ3) is 4.08.